The van der Waals surface area contributed by atoms with Crippen molar-refractivity contribution < 1.29 is 14.5 Å². The summed E-state index contributed by atoms with van der Waals surface area (Å²) in [5.41, 5.74) is 0.529. The summed E-state index contributed by atoms with van der Waals surface area (Å²) in [5.74, 6) is 0.524. The van der Waals surface area contributed by atoms with Gasteiger partial charge in [-0.2, -0.15) is 0 Å². The Morgan fingerprint density at radius 3 is 2.77 bits per heavy atom. The van der Waals surface area contributed by atoms with Gasteiger partial charge >= 0.3 is 5.97 Å². The second kappa shape index (κ2) is 9.02. The molecule has 2 N–H and O–H groups in total. The Labute approximate surface area is 152 Å². The van der Waals surface area contributed by atoms with Crippen LogP contribution in [0.3, 0.4) is 0 Å². The van der Waals surface area contributed by atoms with Crippen molar-refractivity contribution in [3.8, 4) is 0 Å². The molecule has 1 fully saturated rings. The van der Waals surface area contributed by atoms with Gasteiger partial charge in [-0.3, -0.25) is 19.9 Å². The van der Waals surface area contributed by atoms with E-state index in [1.54, 1.807) is 25.2 Å². The molecule has 0 spiro atoms. The number of hydrogen-bond acceptors (Lipinski definition) is 6. The van der Waals surface area contributed by atoms with E-state index in [1.165, 1.54) is 13.2 Å². The lowest BCUT2D eigenvalue weighted by molar-refractivity contribution is -0.384. The normalized spacial score (nSPS) is 20.0. The highest BCUT2D eigenvalue weighted by atomic mass is 16.6. The summed E-state index contributed by atoms with van der Waals surface area (Å²) >= 11 is 0. The fourth-order valence-electron chi connectivity index (χ4n) is 3.08. The van der Waals surface area contributed by atoms with Gasteiger partial charge in [0.1, 0.15) is 5.69 Å². The Kier molecular flexibility index (Phi) is 6.76. The van der Waals surface area contributed by atoms with Crippen molar-refractivity contribution in [3.05, 3.63) is 34.4 Å². The number of nitrogens with one attached hydrogen (secondary N) is 2. The van der Waals surface area contributed by atoms with Crippen LogP contribution in [-0.4, -0.2) is 62.1 Å². The van der Waals surface area contributed by atoms with E-state index in [0.717, 1.165) is 6.54 Å². The number of anilines is 1. The summed E-state index contributed by atoms with van der Waals surface area (Å²) in [6.45, 7) is 4.33. The number of aliphatic imine (C=N–C) groups is 1. The molecule has 26 heavy (non-hydrogen) atoms. The minimum absolute atomic E-state index is 0.0474. The van der Waals surface area contributed by atoms with Crippen LogP contribution in [-0.2, 0) is 9.53 Å². The number of carbonyl (C=O) groups is 1. The van der Waals surface area contributed by atoms with Crippen LogP contribution in [0.25, 0.3) is 0 Å². The van der Waals surface area contributed by atoms with Gasteiger partial charge in [0, 0.05) is 39.3 Å². The number of esters is 1. The van der Waals surface area contributed by atoms with Crippen LogP contribution >= 0.6 is 0 Å². The maximum atomic E-state index is 11.8. The first-order valence-corrected chi connectivity index (χ1v) is 8.48. The van der Waals surface area contributed by atoms with E-state index in [-0.39, 0.29) is 23.5 Å². The molecule has 1 aliphatic heterocycles. The number of para-hydroxylation sites is 2. The molecule has 2 atom stereocenters. The van der Waals surface area contributed by atoms with Gasteiger partial charge in [0.15, 0.2) is 5.96 Å². The summed E-state index contributed by atoms with van der Waals surface area (Å²) in [5, 5.41) is 17.3. The minimum Gasteiger partial charge on any atom is -0.469 e. The van der Waals surface area contributed by atoms with Crippen molar-refractivity contribution >= 4 is 23.3 Å². The Morgan fingerprint density at radius 2 is 2.12 bits per heavy atom. The lowest BCUT2D eigenvalue weighted by atomic mass is 9.99. The molecule has 1 aliphatic rings. The third-order valence-electron chi connectivity index (χ3n) is 4.45. The van der Waals surface area contributed by atoms with Crippen molar-refractivity contribution in [2.75, 3.05) is 45.7 Å². The molecule has 0 aromatic heterocycles. The van der Waals surface area contributed by atoms with E-state index < -0.39 is 4.92 Å². The Morgan fingerprint density at radius 1 is 1.38 bits per heavy atom. The highest BCUT2D eigenvalue weighted by Gasteiger charge is 2.36. The predicted molar refractivity (Wildman–Crippen MR) is 99.2 cm³/mol. The quantitative estimate of drug-likeness (QED) is 0.196. The molecule has 0 amide bonds. The average Bonchev–Trinajstić information content (AvgIpc) is 3.02. The number of nitro benzene ring substituents is 1. The van der Waals surface area contributed by atoms with Crippen LogP contribution in [0.5, 0.6) is 0 Å². The Hall–Kier alpha value is -2.84. The molecule has 0 bridgehead atoms. The summed E-state index contributed by atoms with van der Waals surface area (Å²) in [4.78, 5) is 28.7. The van der Waals surface area contributed by atoms with E-state index in [4.69, 9.17) is 4.74 Å². The van der Waals surface area contributed by atoms with E-state index in [9.17, 15) is 14.9 Å². The average molecular weight is 363 g/mol. The molecule has 9 heteroatoms. The van der Waals surface area contributed by atoms with Crippen molar-refractivity contribution in [3.63, 3.8) is 0 Å². The fraction of sp³-hybridized carbons (Fsp3) is 0.529. The largest absolute Gasteiger partial charge is 0.469 e. The molecule has 1 saturated heterocycles. The van der Waals surface area contributed by atoms with Gasteiger partial charge in [-0.25, -0.2) is 0 Å². The zero-order chi connectivity index (χ0) is 19.1. The lowest BCUT2D eigenvalue weighted by Gasteiger charge is -2.21. The monoisotopic (exact) mass is 363 g/mol. The van der Waals surface area contributed by atoms with Gasteiger partial charge in [-0.15, -0.1) is 0 Å². The van der Waals surface area contributed by atoms with Crippen molar-refractivity contribution in [1.29, 1.82) is 0 Å². The molecule has 1 aromatic carbocycles. The predicted octanol–water partition coefficient (Wildman–Crippen LogP) is 1.32. The molecule has 1 heterocycles. The first-order valence-electron chi connectivity index (χ1n) is 8.48. The number of benzene rings is 1. The number of nitrogens with zero attached hydrogens (tertiary/aromatic N) is 3. The number of nitro groups is 1. The van der Waals surface area contributed by atoms with Crippen LogP contribution in [0.4, 0.5) is 11.4 Å². The van der Waals surface area contributed by atoms with Gasteiger partial charge in [-0.05, 0) is 12.0 Å². The maximum absolute atomic E-state index is 11.8. The van der Waals surface area contributed by atoms with E-state index in [0.29, 0.717) is 31.3 Å². The molecule has 2 rings (SSSR count). The van der Waals surface area contributed by atoms with Gasteiger partial charge in [0.05, 0.1) is 18.0 Å². The van der Waals surface area contributed by atoms with E-state index >= 15 is 0 Å². The molecule has 1 aromatic rings. The summed E-state index contributed by atoms with van der Waals surface area (Å²) in [7, 11) is 3.09. The molecule has 142 valence electrons. The molecule has 2 unspecified atom stereocenters. The molecule has 0 aliphatic carbocycles. The van der Waals surface area contributed by atoms with E-state index in [2.05, 4.69) is 15.6 Å². The van der Waals surface area contributed by atoms with Crippen molar-refractivity contribution in [1.82, 2.24) is 10.2 Å². The van der Waals surface area contributed by atoms with Crippen molar-refractivity contribution in [2.45, 2.75) is 6.92 Å². The number of ether oxygens (including phenoxy) is 1. The summed E-state index contributed by atoms with van der Waals surface area (Å²) < 4.78 is 4.85. The van der Waals surface area contributed by atoms with Crippen LogP contribution in [0.1, 0.15) is 6.92 Å². The highest BCUT2D eigenvalue weighted by Crippen LogP contribution is 2.24. The molecule has 9 nitrogen and oxygen atoms in total. The standard InChI is InChI=1S/C17H25N5O4/c1-12-10-21(11-13(12)16(23)26-3)17(18-2)20-9-8-19-14-6-4-5-7-15(14)22(24)25/h4-7,12-13,19H,8-11H2,1-3H3,(H,18,20). The summed E-state index contributed by atoms with van der Waals surface area (Å²) in [6.07, 6.45) is 0. The van der Waals surface area contributed by atoms with Crippen LogP contribution in [0, 0.1) is 22.0 Å². The first kappa shape index (κ1) is 19.5. The SMILES string of the molecule is CN=C(NCCNc1ccccc1[N+](=O)[O-])N1CC(C)C(C(=O)OC)C1. The van der Waals surface area contributed by atoms with Gasteiger partial charge in [0.25, 0.3) is 5.69 Å². The number of methoxy groups -OCH3 is 1. The third kappa shape index (κ3) is 4.62. The van der Waals surface area contributed by atoms with Crippen LogP contribution in [0.2, 0.25) is 0 Å². The molecule has 0 saturated carbocycles. The smallest absolute Gasteiger partial charge is 0.310 e. The van der Waals surface area contributed by atoms with Gasteiger partial charge in [0.2, 0.25) is 0 Å². The highest BCUT2D eigenvalue weighted by molar-refractivity contribution is 5.82. The fourth-order valence-corrected chi connectivity index (χ4v) is 3.08. The maximum Gasteiger partial charge on any atom is 0.310 e. The van der Waals surface area contributed by atoms with Gasteiger partial charge < -0.3 is 20.3 Å². The zero-order valence-corrected chi connectivity index (χ0v) is 15.3. The number of rotatable bonds is 6. The second-order valence-electron chi connectivity index (χ2n) is 6.19. The summed E-state index contributed by atoms with van der Waals surface area (Å²) in [6, 6.07) is 6.53. The Bertz CT molecular complexity index is 679. The first-order chi connectivity index (χ1) is 12.5. The minimum atomic E-state index is -0.409. The third-order valence-corrected chi connectivity index (χ3v) is 4.45. The molecule has 0 radical (unpaired) electrons. The zero-order valence-electron chi connectivity index (χ0n) is 15.3. The van der Waals surface area contributed by atoms with Gasteiger partial charge in [-0.1, -0.05) is 19.1 Å². The van der Waals surface area contributed by atoms with E-state index in [1.807, 2.05) is 11.8 Å². The van der Waals surface area contributed by atoms with Crippen molar-refractivity contribution in [2.24, 2.45) is 16.8 Å². The second-order valence-corrected chi connectivity index (χ2v) is 6.19. The Balaban J connectivity index is 1.85. The number of likely N-dealkylation sites (tertiary alicyclic amines) is 1. The number of carbonyl (C=O) groups excluding carboxylic acids is 1. The lowest BCUT2D eigenvalue weighted by Crippen LogP contribution is -2.42. The van der Waals surface area contributed by atoms with Crippen LogP contribution < -0.4 is 10.6 Å². The number of guanidine groups is 1. The number of hydrogen-bond donors (Lipinski definition) is 2. The molecular formula is C17H25N5O4. The topological polar surface area (TPSA) is 109 Å². The van der Waals surface area contributed by atoms with Crippen LogP contribution in [0.15, 0.2) is 29.3 Å². The molecular weight excluding hydrogens is 338 g/mol.